The molecular formula is C21H20N2. The summed E-state index contributed by atoms with van der Waals surface area (Å²) in [5.74, 6) is 0. The molecule has 0 aliphatic heterocycles. The number of hydrogen-bond acceptors (Lipinski definition) is 1. The van der Waals surface area contributed by atoms with E-state index in [9.17, 15) is 0 Å². The minimum Gasteiger partial charge on any atom is -0.361 e. The molecule has 1 aromatic heterocycles. The third kappa shape index (κ3) is 2.51. The summed E-state index contributed by atoms with van der Waals surface area (Å²) < 4.78 is 0. The van der Waals surface area contributed by atoms with Gasteiger partial charge in [-0.2, -0.15) is 0 Å². The van der Waals surface area contributed by atoms with Gasteiger partial charge in [-0.1, -0.05) is 48.5 Å². The maximum absolute atomic E-state index is 5.66. The van der Waals surface area contributed by atoms with Crippen LogP contribution in [0.3, 0.4) is 0 Å². The molecule has 0 bridgehead atoms. The third-order valence-corrected chi connectivity index (χ3v) is 4.52. The summed E-state index contributed by atoms with van der Waals surface area (Å²) in [7, 11) is 0. The van der Waals surface area contributed by atoms with Crippen LogP contribution in [-0.2, 0) is 6.42 Å². The Balaban J connectivity index is 1.87. The molecule has 0 spiro atoms. The molecule has 0 fully saturated rings. The maximum atomic E-state index is 5.66. The summed E-state index contributed by atoms with van der Waals surface area (Å²) in [4.78, 5) is 3.37. The van der Waals surface area contributed by atoms with Gasteiger partial charge in [-0.15, -0.1) is 0 Å². The molecular weight excluding hydrogens is 280 g/mol. The Morgan fingerprint density at radius 2 is 1.74 bits per heavy atom. The number of fused-ring (bicyclic) bond motifs is 2. The largest absolute Gasteiger partial charge is 0.361 e. The average molecular weight is 300 g/mol. The molecule has 0 radical (unpaired) electrons. The second-order valence-electron chi connectivity index (χ2n) is 5.99. The highest BCUT2D eigenvalue weighted by molar-refractivity contribution is 5.99. The summed E-state index contributed by atoms with van der Waals surface area (Å²) in [5, 5.41) is 3.89. The van der Waals surface area contributed by atoms with Crippen molar-refractivity contribution in [3.05, 3.63) is 72.4 Å². The van der Waals surface area contributed by atoms with Crippen LogP contribution in [0, 0.1) is 0 Å². The number of H-pyrrole nitrogens is 1. The van der Waals surface area contributed by atoms with Crippen LogP contribution in [0.4, 0.5) is 0 Å². The Morgan fingerprint density at radius 1 is 0.870 bits per heavy atom. The predicted octanol–water partition coefficient (Wildman–Crippen LogP) is 4.88. The van der Waals surface area contributed by atoms with Gasteiger partial charge in [-0.05, 0) is 59.0 Å². The van der Waals surface area contributed by atoms with Crippen LogP contribution in [0.25, 0.3) is 32.8 Å². The van der Waals surface area contributed by atoms with E-state index in [-0.39, 0.29) is 0 Å². The molecule has 0 atom stereocenters. The maximum Gasteiger partial charge on any atom is 0.0457 e. The molecule has 0 saturated heterocycles. The zero-order valence-electron chi connectivity index (χ0n) is 13.0. The number of aromatic nitrogens is 1. The Bertz CT molecular complexity index is 961. The number of rotatable bonds is 4. The molecule has 3 aromatic carbocycles. The second-order valence-corrected chi connectivity index (χ2v) is 5.99. The van der Waals surface area contributed by atoms with E-state index >= 15 is 0 Å². The molecule has 3 N–H and O–H groups in total. The molecule has 0 aliphatic rings. The average Bonchev–Trinajstić information content (AvgIpc) is 3.01. The first-order chi connectivity index (χ1) is 11.4. The first-order valence-electron chi connectivity index (χ1n) is 8.15. The topological polar surface area (TPSA) is 41.8 Å². The fourth-order valence-corrected chi connectivity index (χ4v) is 3.32. The van der Waals surface area contributed by atoms with E-state index in [0.29, 0.717) is 0 Å². The van der Waals surface area contributed by atoms with Crippen LogP contribution in [0.1, 0.15) is 12.0 Å². The van der Waals surface area contributed by atoms with Gasteiger partial charge in [0.1, 0.15) is 0 Å². The van der Waals surface area contributed by atoms with Gasteiger partial charge in [0.15, 0.2) is 0 Å². The van der Waals surface area contributed by atoms with E-state index in [1.807, 2.05) is 0 Å². The van der Waals surface area contributed by atoms with Gasteiger partial charge in [0.2, 0.25) is 0 Å². The molecule has 114 valence electrons. The van der Waals surface area contributed by atoms with Crippen molar-refractivity contribution in [1.82, 2.24) is 4.98 Å². The minimum absolute atomic E-state index is 0.732. The van der Waals surface area contributed by atoms with Gasteiger partial charge in [0.05, 0.1) is 0 Å². The monoisotopic (exact) mass is 300 g/mol. The standard InChI is InChI=1S/C21H20N2/c22-12-4-7-17-14-23-21-11-10-16(13-20(17)21)19-9-3-6-15-5-1-2-8-18(15)19/h1-3,5-6,8-11,13-14,23H,4,7,12,22H2. The molecule has 0 saturated carbocycles. The number of hydrogen-bond donors (Lipinski definition) is 2. The van der Waals surface area contributed by atoms with Crippen LogP contribution >= 0.6 is 0 Å². The highest BCUT2D eigenvalue weighted by atomic mass is 14.7. The molecule has 23 heavy (non-hydrogen) atoms. The highest BCUT2D eigenvalue weighted by Crippen LogP contribution is 2.31. The number of nitrogens with one attached hydrogen (secondary N) is 1. The van der Waals surface area contributed by atoms with Crippen LogP contribution in [0.15, 0.2) is 66.9 Å². The smallest absolute Gasteiger partial charge is 0.0457 e. The van der Waals surface area contributed by atoms with E-state index in [1.165, 1.54) is 38.4 Å². The summed E-state index contributed by atoms with van der Waals surface area (Å²) in [6.07, 6.45) is 4.16. The van der Waals surface area contributed by atoms with Crippen LogP contribution in [0.5, 0.6) is 0 Å². The Morgan fingerprint density at radius 3 is 2.65 bits per heavy atom. The number of aryl methyl sites for hydroxylation is 1. The Kier molecular flexibility index (Phi) is 3.60. The van der Waals surface area contributed by atoms with Crippen molar-refractivity contribution in [2.24, 2.45) is 5.73 Å². The van der Waals surface area contributed by atoms with E-state index in [0.717, 1.165) is 19.4 Å². The van der Waals surface area contributed by atoms with Crippen LogP contribution < -0.4 is 5.73 Å². The van der Waals surface area contributed by atoms with Gasteiger partial charge in [0.25, 0.3) is 0 Å². The van der Waals surface area contributed by atoms with Gasteiger partial charge in [0, 0.05) is 17.1 Å². The summed E-state index contributed by atoms with van der Waals surface area (Å²) in [5.41, 5.74) is 10.8. The summed E-state index contributed by atoms with van der Waals surface area (Å²) in [6.45, 7) is 0.732. The van der Waals surface area contributed by atoms with Crippen LogP contribution in [0.2, 0.25) is 0 Å². The van der Waals surface area contributed by atoms with Crippen molar-refractivity contribution in [2.75, 3.05) is 6.54 Å². The number of nitrogens with two attached hydrogens (primary N) is 1. The zero-order chi connectivity index (χ0) is 15.6. The summed E-state index contributed by atoms with van der Waals surface area (Å²) >= 11 is 0. The summed E-state index contributed by atoms with van der Waals surface area (Å²) in [6, 6.07) is 21.7. The van der Waals surface area contributed by atoms with Gasteiger partial charge in [-0.25, -0.2) is 0 Å². The molecule has 4 aromatic rings. The lowest BCUT2D eigenvalue weighted by Crippen LogP contribution is -1.99. The minimum atomic E-state index is 0.732. The zero-order valence-corrected chi connectivity index (χ0v) is 13.0. The van der Waals surface area contributed by atoms with E-state index in [4.69, 9.17) is 5.73 Å². The SMILES string of the molecule is NCCCc1c[nH]c2ccc(-c3cccc4ccccc34)cc12. The first kappa shape index (κ1) is 14.0. The quantitative estimate of drug-likeness (QED) is 0.554. The Hall–Kier alpha value is -2.58. The van der Waals surface area contributed by atoms with Crippen molar-refractivity contribution < 1.29 is 0 Å². The van der Waals surface area contributed by atoms with Crippen molar-refractivity contribution in [2.45, 2.75) is 12.8 Å². The molecule has 4 rings (SSSR count). The Labute approximate surface area is 135 Å². The lowest BCUT2D eigenvalue weighted by atomic mass is 9.96. The first-order valence-corrected chi connectivity index (χ1v) is 8.15. The van der Waals surface area contributed by atoms with E-state index < -0.39 is 0 Å². The fourth-order valence-electron chi connectivity index (χ4n) is 3.32. The predicted molar refractivity (Wildman–Crippen MR) is 98.6 cm³/mol. The lowest BCUT2D eigenvalue weighted by molar-refractivity contribution is 0.837. The molecule has 0 amide bonds. The van der Waals surface area contributed by atoms with Crippen molar-refractivity contribution in [1.29, 1.82) is 0 Å². The van der Waals surface area contributed by atoms with Crippen molar-refractivity contribution in [3.63, 3.8) is 0 Å². The highest BCUT2D eigenvalue weighted by Gasteiger charge is 2.08. The van der Waals surface area contributed by atoms with E-state index in [1.54, 1.807) is 0 Å². The lowest BCUT2D eigenvalue weighted by Gasteiger charge is -2.08. The third-order valence-electron chi connectivity index (χ3n) is 4.52. The van der Waals surface area contributed by atoms with Gasteiger partial charge in [-0.3, -0.25) is 0 Å². The second kappa shape index (κ2) is 5.90. The van der Waals surface area contributed by atoms with Gasteiger partial charge < -0.3 is 10.7 Å². The van der Waals surface area contributed by atoms with Crippen molar-refractivity contribution in [3.8, 4) is 11.1 Å². The van der Waals surface area contributed by atoms with Crippen molar-refractivity contribution >= 4 is 21.7 Å². The van der Waals surface area contributed by atoms with E-state index in [2.05, 4.69) is 71.8 Å². The molecule has 2 nitrogen and oxygen atoms in total. The number of aromatic amines is 1. The van der Waals surface area contributed by atoms with Crippen LogP contribution in [-0.4, -0.2) is 11.5 Å². The van der Waals surface area contributed by atoms with Gasteiger partial charge >= 0.3 is 0 Å². The molecule has 0 aliphatic carbocycles. The molecule has 1 heterocycles. The number of benzene rings is 3. The molecule has 2 heteroatoms. The molecule has 0 unspecified atom stereocenters. The fraction of sp³-hybridized carbons (Fsp3) is 0.143. The normalized spacial score (nSPS) is 11.3.